The number of hydrogen-bond acceptors (Lipinski definition) is 6. The Morgan fingerprint density at radius 2 is 0.439 bits per heavy atom. The van der Waals surface area contributed by atoms with Gasteiger partial charge in [-0.05, 0) is 77.0 Å². The van der Waals surface area contributed by atoms with Gasteiger partial charge in [0.25, 0.3) is 0 Å². The van der Waals surface area contributed by atoms with Crippen molar-refractivity contribution in [1.29, 1.82) is 0 Å². The summed E-state index contributed by atoms with van der Waals surface area (Å²) in [5.74, 6) is -0.846. The Kier molecular flexibility index (Phi) is 69.1. The third-order valence-corrected chi connectivity index (χ3v) is 16.9. The largest absolute Gasteiger partial charge is 0.462 e. The number of allylic oxidation sites excluding steroid dienone is 6. The lowest BCUT2D eigenvalue weighted by atomic mass is 10.0. The van der Waals surface area contributed by atoms with Gasteiger partial charge in [0.15, 0.2) is 6.10 Å². The summed E-state index contributed by atoms with van der Waals surface area (Å²) in [6.07, 6.45) is 88.9. The van der Waals surface area contributed by atoms with Crippen LogP contribution in [-0.2, 0) is 28.6 Å². The molecule has 0 amide bonds. The van der Waals surface area contributed by atoms with E-state index in [1.165, 1.54) is 302 Å². The molecule has 0 aromatic carbocycles. The molecule has 0 spiro atoms. The summed E-state index contributed by atoms with van der Waals surface area (Å²) in [6, 6.07) is 0. The second-order valence-corrected chi connectivity index (χ2v) is 25.2. The number of rotatable bonds is 69. The van der Waals surface area contributed by atoms with E-state index >= 15 is 0 Å². The zero-order valence-electron chi connectivity index (χ0n) is 55.5. The number of carbonyl (C=O) groups excluding carboxylic acids is 3. The van der Waals surface area contributed by atoms with Crippen LogP contribution in [0.2, 0.25) is 0 Å². The van der Waals surface area contributed by atoms with Crippen molar-refractivity contribution in [1.82, 2.24) is 0 Å². The molecular formula is C76H142O6. The number of hydrogen-bond donors (Lipinski definition) is 0. The molecule has 482 valence electrons. The molecule has 1 unspecified atom stereocenters. The summed E-state index contributed by atoms with van der Waals surface area (Å²) in [5, 5.41) is 0. The van der Waals surface area contributed by atoms with Gasteiger partial charge in [-0.2, -0.15) is 0 Å². The minimum atomic E-state index is -0.775. The van der Waals surface area contributed by atoms with Crippen LogP contribution in [0.4, 0.5) is 0 Å². The van der Waals surface area contributed by atoms with Crippen LogP contribution in [0.5, 0.6) is 0 Å². The van der Waals surface area contributed by atoms with Gasteiger partial charge < -0.3 is 14.2 Å². The molecular weight excluding hydrogens is 1010 g/mol. The second-order valence-electron chi connectivity index (χ2n) is 25.2. The number of unbranched alkanes of at least 4 members (excludes halogenated alkanes) is 52. The Labute approximate surface area is 512 Å². The SMILES string of the molecule is CCCCCCC/C=C\C/C=C\CCCCCCCCCCCCCCCC(=O)OCC(COC(=O)CCCCCCC/C=C\CCCCCCCCC)OC(=O)CCCCCCCCCCCCCCCCCCCCCCCCC. The number of ether oxygens (including phenoxy) is 3. The molecule has 0 aliphatic carbocycles. The molecule has 0 saturated carbocycles. The van der Waals surface area contributed by atoms with Crippen LogP contribution in [0.15, 0.2) is 36.5 Å². The van der Waals surface area contributed by atoms with Crippen LogP contribution in [0.1, 0.15) is 412 Å². The van der Waals surface area contributed by atoms with E-state index in [2.05, 4.69) is 57.2 Å². The van der Waals surface area contributed by atoms with Crippen molar-refractivity contribution < 1.29 is 28.6 Å². The zero-order chi connectivity index (χ0) is 59.2. The van der Waals surface area contributed by atoms with Gasteiger partial charge in [0.1, 0.15) is 13.2 Å². The molecule has 0 fully saturated rings. The van der Waals surface area contributed by atoms with E-state index < -0.39 is 6.10 Å². The summed E-state index contributed by atoms with van der Waals surface area (Å²) in [7, 11) is 0. The first kappa shape index (κ1) is 79.6. The molecule has 0 rings (SSSR count). The van der Waals surface area contributed by atoms with Gasteiger partial charge >= 0.3 is 17.9 Å². The topological polar surface area (TPSA) is 78.9 Å². The van der Waals surface area contributed by atoms with Crippen LogP contribution < -0.4 is 0 Å². The molecule has 6 nitrogen and oxygen atoms in total. The van der Waals surface area contributed by atoms with Crippen molar-refractivity contribution >= 4 is 17.9 Å². The van der Waals surface area contributed by atoms with E-state index in [9.17, 15) is 14.4 Å². The van der Waals surface area contributed by atoms with E-state index in [-0.39, 0.29) is 31.1 Å². The first-order valence-electron chi connectivity index (χ1n) is 37.0. The third-order valence-electron chi connectivity index (χ3n) is 16.9. The Morgan fingerprint density at radius 1 is 0.244 bits per heavy atom. The monoisotopic (exact) mass is 1150 g/mol. The van der Waals surface area contributed by atoms with Gasteiger partial charge in [0.05, 0.1) is 0 Å². The van der Waals surface area contributed by atoms with E-state index in [4.69, 9.17) is 14.2 Å². The predicted octanol–water partition coefficient (Wildman–Crippen LogP) is 25.5. The third kappa shape index (κ3) is 68.4. The van der Waals surface area contributed by atoms with E-state index in [1.807, 2.05) is 0 Å². The van der Waals surface area contributed by atoms with E-state index in [1.54, 1.807) is 0 Å². The fourth-order valence-electron chi connectivity index (χ4n) is 11.3. The minimum Gasteiger partial charge on any atom is -0.462 e. The lowest BCUT2D eigenvalue weighted by Gasteiger charge is -2.18. The Morgan fingerprint density at radius 3 is 0.683 bits per heavy atom. The van der Waals surface area contributed by atoms with Gasteiger partial charge in [-0.15, -0.1) is 0 Å². The van der Waals surface area contributed by atoms with Gasteiger partial charge in [-0.25, -0.2) is 0 Å². The standard InChI is InChI=1S/C76H142O6/c1-4-7-10-13-16-19-22-25-28-31-33-35-37-38-40-41-43-45-48-51-54-57-60-63-66-69-75(78)81-72-73(71-80-74(77)68-65-62-59-56-53-50-47-30-27-24-21-18-15-12-9-6-3)82-76(79)70-67-64-61-58-55-52-49-46-44-42-39-36-34-32-29-26-23-20-17-14-11-8-5-2/h22,25,30-31,33,47,73H,4-21,23-24,26-29,32,34-46,48-72H2,1-3H3/b25-22-,33-31-,47-30-. The summed E-state index contributed by atoms with van der Waals surface area (Å²) in [5.41, 5.74) is 0. The van der Waals surface area contributed by atoms with Gasteiger partial charge in [0, 0.05) is 19.3 Å². The molecule has 0 aromatic rings. The van der Waals surface area contributed by atoms with E-state index in [0.717, 1.165) is 70.6 Å². The Hall–Kier alpha value is -2.37. The van der Waals surface area contributed by atoms with Crippen molar-refractivity contribution in [2.75, 3.05) is 13.2 Å². The fraction of sp³-hybridized carbons (Fsp3) is 0.882. The summed E-state index contributed by atoms with van der Waals surface area (Å²) in [4.78, 5) is 38.5. The number of esters is 3. The molecule has 6 heteroatoms. The van der Waals surface area contributed by atoms with Crippen LogP contribution >= 0.6 is 0 Å². The van der Waals surface area contributed by atoms with Gasteiger partial charge in [-0.3, -0.25) is 14.4 Å². The highest BCUT2D eigenvalue weighted by atomic mass is 16.6. The van der Waals surface area contributed by atoms with Gasteiger partial charge in [0.2, 0.25) is 0 Å². The molecule has 0 bridgehead atoms. The molecule has 0 saturated heterocycles. The normalized spacial score (nSPS) is 12.2. The smallest absolute Gasteiger partial charge is 0.306 e. The summed E-state index contributed by atoms with van der Waals surface area (Å²) < 4.78 is 17.0. The van der Waals surface area contributed by atoms with E-state index in [0.29, 0.717) is 19.3 Å². The molecule has 0 heterocycles. The quantitative estimate of drug-likeness (QED) is 0.0261. The Bertz CT molecular complexity index is 1370. The molecule has 1 atom stereocenters. The highest BCUT2D eigenvalue weighted by Crippen LogP contribution is 2.19. The first-order chi connectivity index (χ1) is 40.5. The highest BCUT2D eigenvalue weighted by Gasteiger charge is 2.19. The maximum Gasteiger partial charge on any atom is 0.306 e. The van der Waals surface area contributed by atoms with Gasteiger partial charge in [-0.1, -0.05) is 353 Å². The molecule has 0 aliphatic rings. The molecule has 0 radical (unpaired) electrons. The molecule has 82 heavy (non-hydrogen) atoms. The lowest BCUT2D eigenvalue weighted by molar-refractivity contribution is -0.167. The average Bonchev–Trinajstić information content (AvgIpc) is 3.47. The molecule has 0 N–H and O–H groups in total. The van der Waals surface area contributed by atoms with Crippen molar-refractivity contribution in [2.45, 2.75) is 419 Å². The van der Waals surface area contributed by atoms with Crippen LogP contribution in [-0.4, -0.2) is 37.2 Å². The number of carbonyl (C=O) groups is 3. The summed E-state index contributed by atoms with van der Waals surface area (Å²) >= 11 is 0. The molecule has 0 aromatic heterocycles. The minimum absolute atomic E-state index is 0.0699. The second kappa shape index (κ2) is 71.1. The average molecular weight is 1150 g/mol. The van der Waals surface area contributed by atoms with Crippen molar-refractivity contribution in [2.24, 2.45) is 0 Å². The van der Waals surface area contributed by atoms with Crippen molar-refractivity contribution in [3.05, 3.63) is 36.5 Å². The fourth-order valence-corrected chi connectivity index (χ4v) is 11.3. The lowest BCUT2D eigenvalue weighted by Crippen LogP contribution is -2.30. The molecule has 0 aliphatic heterocycles. The van der Waals surface area contributed by atoms with Crippen LogP contribution in [0.25, 0.3) is 0 Å². The predicted molar refractivity (Wildman–Crippen MR) is 358 cm³/mol. The summed E-state index contributed by atoms with van der Waals surface area (Å²) in [6.45, 7) is 6.70. The first-order valence-corrected chi connectivity index (χ1v) is 37.0. The maximum absolute atomic E-state index is 13.0. The van der Waals surface area contributed by atoms with Crippen LogP contribution in [0, 0.1) is 0 Å². The maximum atomic E-state index is 13.0. The highest BCUT2D eigenvalue weighted by molar-refractivity contribution is 5.71. The van der Waals surface area contributed by atoms with Crippen molar-refractivity contribution in [3.8, 4) is 0 Å². The van der Waals surface area contributed by atoms with Crippen LogP contribution in [0.3, 0.4) is 0 Å². The zero-order valence-corrected chi connectivity index (χ0v) is 55.5. The van der Waals surface area contributed by atoms with Crippen molar-refractivity contribution in [3.63, 3.8) is 0 Å². The Balaban J connectivity index is 4.27.